The summed E-state index contributed by atoms with van der Waals surface area (Å²) >= 11 is 1.37. The number of amides is 1. The summed E-state index contributed by atoms with van der Waals surface area (Å²) in [7, 11) is 0. The highest BCUT2D eigenvalue weighted by atomic mass is 32.2. The molecule has 0 unspecified atom stereocenters. The number of hydrogen-bond acceptors (Lipinski definition) is 3. The van der Waals surface area contributed by atoms with E-state index in [2.05, 4.69) is 17.2 Å². The van der Waals surface area contributed by atoms with Crippen LogP contribution >= 0.6 is 11.8 Å². The Bertz CT molecular complexity index is 703. The molecule has 1 saturated carbocycles. The van der Waals surface area contributed by atoms with Gasteiger partial charge in [-0.2, -0.15) is 0 Å². The van der Waals surface area contributed by atoms with Gasteiger partial charge in [-0.3, -0.25) is 9.36 Å². The molecule has 1 fully saturated rings. The van der Waals surface area contributed by atoms with E-state index in [1.54, 1.807) is 23.0 Å². The lowest BCUT2D eigenvalue weighted by Crippen LogP contribution is -2.41. The predicted octanol–water partition coefficient (Wildman–Crippen LogP) is 3.80. The van der Waals surface area contributed by atoms with E-state index < -0.39 is 0 Å². The van der Waals surface area contributed by atoms with Gasteiger partial charge in [-0.15, -0.1) is 0 Å². The van der Waals surface area contributed by atoms with Gasteiger partial charge in [-0.25, -0.2) is 9.37 Å². The van der Waals surface area contributed by atoms with Crippen LogP contribution in [0.2, 0.25) is 0 Å². The van der Waals surface area contributed by atoms with Crippen molar-refractivity contribution in [2.45, 2.75) is 43.8 Å². The fraction of sp³-hybridized carbons (Fsp3) is 0.444. The molecule has 0 radical (unpaired) electrons. The van der Waals surface area contributed by atoms with Crippen molar-refractivity contribution in [3.63, 3.8) is 0 Å². The van der Waals surface area contributed by atoms with Gasteiger partial charge in [0.1, 0.15) is 5.82 Å². The minimum Gasteiger partial charge on any atom is -0.352 e. The molecule has 3 rings (SSSR count). The number of nitrogens with zero attached hydrogens (tertiary/aromatic N) is 2. The van der Waals surface area contributed by atoms with Gasteiger partial charge in [0.05, 0.1) is 11.4 Å². The molecule has 1 heterocycles. The molecule has 0 spiro atoms. The fourth-order valence-electron chi connectivity index (χ4n) is 3.13. The summed E-state index contributed by atoms with van der Waals surface area (Å²) in [5.41, 5.74) is 0.705. The normalized spacial score (nSPS) is 20.8. The topological polar surface area (TPSA) is 46.9 Å². The average molecular weight is 347 g/mol. The summed E-state index contributed by atoms with van der Waals surface area (Å²) in [6, 6.07) is 6.63. The van der Waals surface area contributed by atoms with Gasteiger partial charge in [0, 0.05) is 18.4 Å². The smallest absolute Gasteiger partial charge is 0.230 e. The zero-order chi connectivity index (χ0) is 16.9. The summed E-state index contributed by atoms with van der Waals surface area (Å²) in [4.78, 5) is 16.5. The molecule has 2 aromatic rings. The summed E-state index contributed by atoms with van der Waals surface area (Å²) < 4.78 is 15.2. The largest absolute Gasteiger partial charge is 0.352 e. The van der Waals surface area contributed by atoms with Crippen LogP contribution in [0.15, 0.2) is 41.8 Å². The van der Waals surface area contributed by atoms with Crippen molar-refractivity contribution in [1.82, 2.24) is 14.9 Å². The Morgan fingerprint density at radius 2 is 2.25 bits per heavy atom. The molecule has 1 N–H and O–H groups in total. The first kappa shape index (κ1) is 17.0. The monoisotopic (exact) mass is 347 g/mol. The van der Waals surface area contributed by atoms with Crippen molar-refractivity contribution in [2.24, 2.45) is 5.92 Å². The van der Waals surface area contributed by atoms with Crippen molar-refractivity contribution in [3.8, 4) is 5.69 Å². The lowest BCUT2D eigenvalue weighted by Gasteiger charge is -2.29. The molecule has 6 heteroatoms. The van der Waals surface area contributed by atoms with Gasteiger partial charge >= 0.3 is 0 Å². The lowest BCUT2D eigenvalue weighted by molar-refractivity contribution is -0.119. The molecular formula is C18H22FN3OS. The highest BCUT2D eigenvalue weighted by molar-refractivity contribution is 7.99. The van der Waals surface area contributed by atoms with Gasteiger partial charge in [-0.1, -0.05) is 37.6 Å². The molecule has 0 saturated heterocycles. The Labute approximate surface area is 145 Å². The second-order valence-electron chi connectivity index (χ2n) is 6.28. The summed E-state index contributed by atoms with van der Waals surface area (Å²) in [6.45, 7) is 2.20. The number of imidazole rings is 1. The van der Waals surface area contributed by atoms with Crippen LogP contribution in [0.5, 0.6) is 0 Å². The van der Waals surface area contributed by atoms with E-state index in [-0.39, 0.29) is 17.8 Å². The zero-order valence-electron chi connectivity index (χ0n) is 13.7. The number of hydrogen-bond donors (Lipinski definition) is 1. The number of rotatable bonds is 5. The molecule has 1 aliphatic carbocycles. The minimum absolute atomic E-state index is 0.0348. The molecule has 24 heavy (non-hydrogen) atoms. The number of carbonyl (C=O) groups excluding carboxylic acids is 1. The maximum absolute atomic E-state index is 13.4. The maximum atomic E-state index is 13.4. The first-order valence-electron chi connectivity index (χ1n) is 8.35. The van der Waals surface area contributed by atoms with Crippen molar-refractivity contribution >= 4 is 17.7 Å². The zero-order valence-corrected chi connectivity index (χ0v) is 14.6. The molecule has 1 aromatic heterocycles. The summed E-state index contributed by atoms with van der Waals surface area (Å²) in [6.07, 6.45) is 8.13. The Morgan fingerprint density at radius 3 is 3.04 bits per heavy atom. The molecule has 2 atom stereocenters. The molecule has 4 nitrogen and oxygen atoms in total. The number of carbonyl (C=O) groups is 1. The summed E-state index contributed by atoms with van der Waals surface area (Å²) in [5, 5.41) is 3.83. The predicted molar refractivity (Wildman–Crippen MR) is 93.8 cm³/mol. The third-order valence-corrected chi connectivity index (χ3v) is 5.45. The van der Waals surface area contributed by atoms with Crippen LogP contribution in [0, 0.1) is 11.7 Å². The van der Waals surface area contributed by atoms with Crippen LogP contribution in [-0.2, 0) is 4.79 Å². The van der Waals surface area contributed by atoms with Gasteiger partial charge in [0.2, 0.25) is 5.91 Å². The highest BCUT2D eigenvalue weighted by Crippen LogP contribution is 2.24. The Balaban J connectivity index is 1.59. The van der Waals surface area contributed by atoms with Crippen LogP contribution in [0.1, 0.15) is 32.6 Å². The minimum atomic E-state index is -0.291. The average Bonchev–Trinajstić information content (AvgIpc) is 3.04. The van der Waals surface area contributed by atoms with Crippen molar-refractivity contribution < 1.29 is 9.18 Å². The molecule has 128 valence electrons. The first-order chi connectivity index (χ1) is 11.6. The molecule has 1 aromatic carbocycles. The highest BCUT2D eigenvalue weighted by Gasteiger charge is 2.22. The number of nitrogens with one attached hydrogen (secondary N) is 1. The van der Waals surface area contributed by atoms with Crippen LogP contribution in [0.4, 0.5) is 4.39 Å². The van der Waals surface area contributed by atoms with Crippen LogP contribution in [0.3, 0.4) is 0 Å². The SMILES string of the molecule is C[C@@H]1CCCC[C@H]1NC(=O)CSc1nccn1-c1cccc(F)c1. The van der Waals surface area contributed by atoms with Crippen molar-refractivity contribution in [2.75, 3.05) is 5.75 Å². The van der Waals surface area contributed by atoms with E-state index in [0.717, 1.165) is 6.42 Å². The second-order valence-corrected chi connectivity index (χ2v) is 7.23. The third-order valence-electron chi connectivity index (χ3n) is 4.48. The Morgan fingerprint density at radius 1 is 1.42 bits per heavy atom. The van der Waals surface area contributed by atoms with E-state index in [0.29, 0.717) is 22.5 Å². The van der Waals surface area contributed by atoms with Gasteiger partial charge in [-0.05, 0) is 37.0 Å². The number of aromatic nitrogens is 2. The quantitative estimate of drug-likeness (QED) is 0.837. The summed E-state index contributed by atoms with van der Waals surface area (Å²) in [5.74, 6) is 0.603. The molecule has 1 amide bonds. The van der Waals surface area contributed by atoms with Crippen LogP contribution in [0.25, 0.3) is 5.69 Å². The Hall–Kier alpha value is -1.82. The lowest BCUT2D eigenvalue weighted by atomic mass is 9.86. The number of thioether (sulfide) groups is 1. The van der Waals surface area contributed by atoms with Gasteiger partial charge in [0.25, 0.3) is 0 Å². The second kappa shape index (κ2) is 7.83. The van der Waals surface area contributed by atoms with Crippen LogP contribution in [-0.4, -0.2) is 27.3 Å². The van der Waals surface area contributed by atoms with Gasteiger partial charge in [0.15, 0.2) is 5.16 Å². The van der Waals surface area contributed by atoms with Crippen LogP contribution < -0.4 is 5.32 Å². The van der Waals surface area contributed by atoms with Crippen molar-refractivity contribution in [1.29, 1.82) is 0 Å². The Kier molecular flexibility index (Phi) is 5.56. The van der Waals surface area contributed by atoms with E-state index in [4.69, 9.17) is 0 Å². The van der Waals surface area contributed by atoms with Crippen molar-refractivity contribution in [3.05, 3.63) is 42.5 Å². The maximum Gasteiger partial charge on any atom is 0.230 e. The van der Waals surface area contributed by atoms with E-state index in [9.17, 15) is 9.18 Å². The standard InChI is InChI=1S/C18H22FN3OS/c1-13-5-2-3-8-16(13)21-17(23)12-24-18-20-9-10-22(18)15-7-4-6-14(19)11-15/h4,6-7,9-11,13,16H,2-3,5,8,12H2,1H3,(H,21,23)/t13-,16-/m1/s1. The fourth-order valence-corrected chi connectivity index (χ4v) is 3.91. The van der Waals surface area contributed by atoms with Gasteiger partial charge < -0.3 is 5.32 Å². The third kappa shape index (κ3) is 4.17. The molecule has 0 bridgehead atoms. The molecular weight excluding hydrogens is 325 g/mol. The van der Waals surface area contributed by atoms with E-state index >= 15 is 0 Å². The van der Waals surface area contributed by atoms with E-state index in [1.807, 2.05) is 6.07 Å². The molecule has 0 aliphatic heterocycles. The first-order valence-corrected chi connectivity index (χ1v) is 9.33. The molecule has 1 aliphatic rings. The number of halogens is 1. The number of benzene rings is 1. The van der Waals surface area contributed by atoms with E-state index in [1.165, 1.54) is 43.2 Å².